The number of phenolic OH excluding ortho intramolecular Hbond substituents is 1. The lowest BCUT2D eigenvalue weighted by Crippen LogP contribution is -1.97. The predicted octanol–water partition coefficient (Wildman–Crippen LogP) is 3.85. The number of nitrogens with zero attached hydrogens (tertiary/aromatic N) is 3. The molecule has 2 heterocycles. The van der Waals surface area contributed by atoms with Crippen LogP contribution < -0.4 is 10.1 Å². The van der Waals surface area contributed by atoms with Gasteiger partial charge in [0.15, 0.2) is 5.65 Å². The maximum Gasteiger partial charge on any atom is 0.157 e. The molecule has 0 fully saturated rings. The van der Waals surface area contributed by atoms with Gasteiger partial charge in [0.25, 0.3) is 0 Å². The van der Waals surface area contributed by atoms with E-state index in [1.165, 1.54) is 0 Å². The molecule has 6 nitrogen and oxygen atoms in total. The number of aromatic nitrogens is 3. The van der Waals surface area contributed by atoms with Gasteiger partial charge < -0.3 is 15.2 Å². The molecule has 0 atom stereocenters. The topological polar surface area (TPSA) is 71.7 Å². The molecule has 4 rings (SSSR count). The summed E-state index contributed by atoms with van der Waals surface area (Å²) in [5.74, 6) is 1.75. The Balaban J connectivity index is 1.87. The van der Waals surface area contributed by atoms with Crippen LogP contribution in [0.1, 0.15) is 0 Å². The van der Waals surface area contributed by atoms with Crippen LogP contribution >= 0.6 is 0 Å². The van der Waals surface area contributed by atoms with Gasteiger partial charge in [-0.2, -0.15) is 0 Å². The van der Waals surface area contributed by atoms with Crippen molar-refractivity contribution in [3.8, 4) is 22.8 Å². The minimum absolute atomic E-state index is 0.194. The molecule has 0 spiro atoms. The van der Waals surface area contributed by atoms with Crippen LogP contribution in [0.15, 0.2) is 67.1 Å². The Morgan fingerprint density at radius 2 is 2.00 bits per heavy atom. The van der Waals surface area contributed by atoms with E-state index < -0.39 is 0 Å². The number of ether oxygens (including phenoxy) is 1. The van der Waals surface area contributed by atoms with Gasteiger partial charge in [-0.3, -0.25) is 9.38 Å². The highest BCUT2D eigenvalue weighted by molar-refractivity contribution is 5.80. The molecular formula is C19H16N4O2. The van der Waals surface area contributed by atoms with E-state index in [4.69, 9.17) is 4.74 Å². The largest absolute Gasteiger partial charge is 0.508 e. The molecule has 0 saturated carbocycles. The number of nitrogens with one attached hydrogen (secondary N) is 1. The fourth-order valence-electron chi connectivity index (χ4n) is 2.72. The van der Waals surface area contributed by atoms with Crippen molar-refractivity contribution < 1.29 is 9.84 Å². The second-order valence-corrected chi connectivity index (χ2v) is 5.52. The molecule has 0 radical (unpaired) electrons. The van der Waals surface area contributed by atoms with Gasteiger partial charge in [-0.25, -0.2) is 4.98 Å². The van der Waals surface area contributed by atoms with Gasteiger partial charge in [-0.1, -0.05) is 18.2 Å². The van der Waals surface area contributed by atoms with Crippen LogP contribution in [0.5, 0.6) is 11.5 Å². The molecule has 4 aromatic rings. The maximum atomic E-state index is 9.81. The van der Waals surface area contributed by atoms with E-state index in [2.05, 4.69) is 15.3 Å². The number of aromatic hydroxyl groups is 1. The van der Waals surface area contributed by atoms with Crippen molar-refractivity contribution in [3.05, 3.63) is 67.1 Å². The summed E-state index contributed by atoms with van der Waals surface area (Å²) in [5, 5.41) is 13.2. The first kappa shape index (κ1) is 15.0. The van der Waals surface area contributed by atoms with Crippen molar-refractivity contribution in [1.29, 1.82) is 0 Å². The molecule has 2 N–H and O–H groups in total. The van der Waals surface area contributed by atoms with Gasteiger partial charge in [-0.15, -0.1) is 0 Å². The Morgan fingerprint density at radius 3 is 2.84 bits per heavy atom. The lowest BCUT2D eigenvalue weighted by atomic mass is 10.1. The molecule has 0 aliphatic carbocycles. The SMILES string of the molecule is COc1cccc(Nc2c(-c3cccc(O)c3)nc3cnccn23)c1. The Kier molecular flexibility index (Phi) is 3.70. The van der Waals surface area contributed by atoms with Gasteiger partial charge in [0, 0.05) is 29.7 Å². The first-order valence-electron chi connectivity index (χ1n) is 7.77. The zero-order valence-corrected chi connectivity index (χ0v) is 13.5. The van der Waals surface area contributed by atoms with Crippen LogP contribution in [0.3, 0.4) is 0 Å². The van der Waals surface area contributed by atoms with Crippen LogP contribution in [-0.4, -0.2) is 26.6 Å². The zero-order valence-electron chi connectivity index (χ0n) is 13.5. The van der Waals surface area contributed by atoms with E-state index in [0.717, 1.165) is 28.5 Å². The molecule has 0 saturated heterocycles. The second kappa shape index (κ2) is 6.16. The van der Waals surface area contributed by atoms with Crippen molar-refractivity contribution in [2.75, 3.05) is 12.4 Å². The highest BCUT2D eigenvalue weighted by atomic mass is 16.5. The minimum atomic E-state index is 0.194. The van der Waals surface area contributed by atoms with E-state index in [1.54, 1.807) is 37.7 Å². The summed E-state index contributed by atoms with van der Waals surface area (Å²) in [7, 11) is 1.64. The first-order chi connectivity index (χ1) is 12.2. The monoisotopic (exact) mass is 332 g/mol. The van der Waals surface area contributed by atoms with E-state index in [1.807, 2.05) is 40.9 Å². The quantitative estimate of drug-likeness (QED) is 0.594. The fraction of sp³-hybridized carbons (Fsp3) is 0.0526. The third kappa shape index (κ3) is 2.85. The third-order valence-electron chi connectivity index (χ3n) is 3.88. The minimum Gasteiger partial charge on any atom is -0.508 e. The summed E-state index contributed by atoms with van der Waals surface area (Å²) >= 11 is 0. The molecule has 25 heavy (non-hydrogen) atoms. The molecule has 0 bridgehead atoms. The first-order valence-corrected chi connectivity index (χ1v) is 7.77. The number of hydrogen-bond acceptors (Lipinski definition) is 5. The Labute approximate surface area is 144 Å². The lowest BCUT2D eigenvalue weighted by molar-refractivity contribution is 0.415. The smallest absolute Gasteiger partial charge is 0.157 e. The van der Waals surface area contributed by atoms with Crippen LogP contribution in [0, 0.1) is 0 Å². The normalized spacial score (nSPS) is 10.8. The summed E-state index contributed by atoms with van der Waals surface area (Å²) in [6.07, 6.45) is 5.25. The van der Waals surface area contributed by atoms with E-state index in [0.29, 0.717) is 5.65 Å². The van der Waals surface area contributed by atoms with Gasteiger partial charge in [0.2, 0.25) is 0 Å². The average molecular weight is 332 g/mol. The molecule has 0 unspecified atom stereocenters. The summed E-state index contributed by atoms with van der Waals surface area (Å²) in [6.45, 7) is 0. The third-order valence-corrected chi connectivity index (χ3v) is 3.88. The predicted molar refractivity (Wildman–Crippen MR) is 96.4 cm³/mol. The summed E-state index contributed by atoms with van der Waals surface area (Å²) in [4.78, 5) is 8.79. The van der Waals surface area contributed by atoms with Gasteiger partial charge in [-0.05, 0) is 24.3 Å². The van der Waals surface area contributed by atoms with Gasteiger partial charge in [0.05, 0.1) is 13.3 Å². The van der Waals surface area contributed by atoms with Crippen molar-refractivity contribution in [3.63, 3.8) is 0 Å². The van der Waals surface area contributed by atoms with E-state index in [-0.39, 0.29) is 5.75 Å². The Morgan fingerprint density at radius 1 is 1.12 bits per heavy atom. The van der Waals surface area contributed by atoms with E-state index in [9.17, 15) is 5.11 Å². The van der Waals surface area contributed by atoms with Crippen molar-refractivity contribution in [2.24, 2.45) is 0 Å². The van der Waals surface area contributed by atoms with Crippen LogP contribution in [0.2, 0.25) is 0 Å². The highest BCUT2D eigenvalue weighted by Gasteiger charge is 2.15. The van der Waals surface area contributed by atoms with E-state index >= 15 is 0 Å². The maximum absolute atomic E-state index is 9.81. The van der Waals surface area contributed by atoms with Crippen molar-refractivity contribution >= 4 is 17.2 Å². The molecule has 124 valence electrons. The summed E-state index contributed by atoms with van der Waals surface area (Å²) < 4.78 is 7.21. The molecule has 0 aliphatic rings. The number of anilines is 2. The molecule has 2 aromatic heterocycles. The van der Waals surface area contributed by atoms with Crippen molar-refractivity contribution in [1.82, 2.24) is 14.4 Å². The fourth-order valence-corrected chi connectivity index (χ4v) is 2.72. The average Bonchev–Trinajstić information content (AvgIpc) is 3.01. The molecular weight excluding hydrogens is 316 g/mol. The zero-order chi connectivity index (χ0) is 17.2. The molecule has 2 aromatic carbocycles. The summed E-state index contributed by atoms with van der Waals surface area (Å²) in [5.41, 5.74) is 3.13. The standard InChI is InChI=1S/C19H16N4O2/c1-25-16-7-3-5-14(11-16)21-19-18(13-4-2-6-15(24)10-13)22-17-12-20-8-9-23(17)19/h2-12,21,24H,1H3. The molecule has 6 heteroatoms. The number of rotatable bonds is 4. The van der Waals surface area contributed by atoms with Crippen LogP contribution in [0.4, 0.5) is 11.5 Å². The van der Waals surface area contributed by atoms with Crippen LogP contribution in [0.25, 0.3) is 16.9 Å². The Bertz CT molecular complexity index is 1040. The number of fused-ring (bicyclic) bond motifs is 1. The molecule has 0 amide bonds. The highest BCUT2D eigenvalue weighted by Crippen LogP contribution is 2.32. The molecule has 0 aliphatic heterocycles. The van der Waals surface area contributed by atoms with Crippen LogP contribution in [-0.2, 0) is 0 Å². The number of methoxy groups -OCH3 is 1. The summed E-state index contributed by atoms with van der Waals surface area (Å²) in [6, 6.07) is 14.7. The number of phenols is 1. The van der Waals surface area contributed by atoms with Crippen molar-refractivity contribution in [2.45, 2.75) is 0 Å². The second-order valence-electron chi connectivity index (χ2n) is 5.52. The van der Waals surface area contributed by atoms with Gasteiger partial charge >= 0.3 is 0 Å². The Hall–Kier alpha value is -3.54. The lowest BCUT2D eigenvalue weighted by Gasteiger charge is -2.10. The number of imidazole rings is 1. The van der Waals surface area contributed by atoms with Gasteiger partial charge in [0.1, 0.15) is 23.0 Å². The number of benzene rings is 2. The number of hydrogen-bond donors (Lipinski definition) is 2.